The van der Waals surface area contributed by atoms with Crippen molar-refractivity contribution < 1.29 is 0 Å². The molecule has 1 aliphatic carbocycles. The maximum Gasteiger partial charge on any atom is 0.0351 e. The average Bonchev–Trinajstić information content (AvgIpc) is 2.53. The molecule has 0 aliphatic heterocycles. The predicted octanol–water partition coefficient (Wildman–Crippen LogP) is 2.74. The fourth-order valence-corrected chi connectivity index (χ4v) is 2.25. The molecule has 0 aromatic rings. The fraction of sp³-hybridized carbons (Fsp3) is 1.00. The van der Waals surface area contributed by atoms with Crippen molar-refractivity contribution in [1.29, 1.82) is 0 Å². The third kappa shape index (κ3) is 3.77. The van der Waals surface area contributed by atoms with Crippen molar-refractivity contribution in [2.75, 3.05) is 26.0 Å². The van der Waals surface area contributed by atoms with Gasteiger partial charge in [0.1, 0.15) is 0 Å². The van der Waals surface area contributed by atoms with Gasteiger partial charge in [0.2, 0.25) is 0 Å². The van der Waals surface area contributed by atoms with Crippen LogP contribution in [0.5, 0.6) is 0 Å². The van der Waals surface area contributed by atoms with Crippen molar-refractivity contribution in [3.63, 3.8) is 0 Å². The van der Waals surface area contributed by atoms with Crippen LogP contribution in [0.3, 0.4) is 0 Å². The van der Waals surface area contributed by atoms with E-state index in [4.69, 9.17) is 11.6 Å². The first kappa shape index (κ1) is 10.3. The molecule has 1 rings (SSSR count). The summed E-state index contributed by atoms with van der Waals surface area (Å²) in [6, 6.07) is 0. The summed E-state index contributed by atoms with van der Waals surface area (Å²) in [7, 11) is 2.16. The average molecular weight is 190 g/mol. The maximum atomic E-state index is 5.65. The van der Waals surface area contributed by atoms with E-state index in [0.29, 0.717) is 0 Å². The molecular formula is C10H20ClN. The quantitative estimate of drug-likeness (QED) is 0.602. The van der Waals surface area contributed by atoms with Crippen molar-refractivity contribution >= 4 is 11.6 Å². The van der Waals surface area contributed by atoms with E-state index in [-0.39, 0.29) is 0 Å². The Morgan fingerprint density at radius 3 is 2.50 bits per heavy atom. The molecule has 0 radical (unpaired) electrons. The summed E-state index contributed by atoms with van der Waals surface area (Å²) in [5.74, 6) is 1.78. The smallest absolute Gasteiger partial charge is 0.0351 e. The lowest BCUT2D eigenvalue weighted by Gasteiger charge is -2.17. The Morgan fingerprint density at radius 2 is 1.92 bits per heavy atom. The number of hydrogen-bond acceptors (Lipinski definition) is 1. The Morgan fingerprint density at radius 1 is 1.25 bits per heavy atom. The summed E-state index contributed by atoms with van der Waals surface area (Å²) in [4.78, 5) is 2.34. The topological polar surface area (TPSA) is 3.24 Å². The number of hydrogen-bond donors (Lipinski definition) is 0. The van der Waals surface area contributed by atoms with Gasteiger partial charge in [-0.2, -0.15) is 0 Å². The lowest BCUT2D eigenvalue weighted by Crippen LogP contribution is -2.23. The standard InChI is InChI=1S/C10H20ClN/c1-12(9-7-11)8-6-10-4-2-3-5-10/h10H,2-9H2,1H3. The normalized spacial score (nSPS) is 19.2. The summed E-state index contributed by atoms with van der Waals surface area (Å²) in [5.41, 5.74) is 0. The second-order valence-electron chi connectivity index (χ2n) is 3.93. The number of nitrogens with zero attached hydrogens (tertiary/aromatic N) is 1. The Bertz CT molecular complexity index is 110. The molecule has 0 atom stereocenters. The maximum absolute atomic E-state index is 5.65. The van der Waals surface area contributed by atoms with Crippen molar-refractivity contribution in [2.24, 2.45) is 5.92 Å². The van der Waals surface area contributed by atoms with Gasteiger partial charge in [0.25, 0.3) is 0 Å². The minimum Gasteiger partial charge on any atom is -0.305 e. The molecule has 0 heterocycles. The van der Waals surface area contributed by atoms with Crippen LogP contribution in [-0.2, 0) is 0 Å². The minimum absolute atomic E-state index is 0.765. The van der Waals surface area contributed by atoms with Gasteiger partial charge in [0, 0.05) is 12.4 Å². The van der Waals surface area contributed by atoms with Crippen molar-refractivity contribution in [2.45, 2.75) is 32.1 Å². The van der Waals surface area contributed by atoms with Gasteiger partial charge in [-0.1, -0.05) is 25.7 Å². The van der Waals surface area contributed by atoms with E-state index in [1.807, 2.05) is 0 Å². The fourth-order valence-electron chi connectivity index (χ4n) is 1.96. The highest BCUT2D eigenvalue weighted by Gasteiger charge is 2.14. The van der Waals surface area contributed by atoms with Crippen molar-refractivity contribution in [3.05, 3.63) is 0 Å². The molecule has 0 spiro atoms. The molecule has 0 aromatic carbocycles. The Kier molecular flexibility index (Phi) is 5.01. The van der Waals surface area contributed by atoms with Crippen LogP contribution in [-0.4, -0.2) is 30.9 Å². The van der Waals surface area contributed by atoms with Gasteiger partial charge in [-0.05, 0) is 25.9 Å². The van der Waals surface area contributed by atoms with Gasteiger partial charge < -0.3 is 4.90 Å². The first-order chi connectivity index (χ1) is 5.83. The van der Waals surface area contributed by atoms with Gasteiger partial charge in [-0.25, -0.2) is 0 Å². The molecule has 1 nitrogen and oxygen atoms in total. The van der Waals surface area contributed by atoms with Crippen LogP contribution in [0.2, 0.25) is 0 Å². The van der Waals surface area contributed by atoms with Crippen LogP contribution in [0.1, 0.15) is 32.1 Å². The lowest BCUT2D eigenvalue weighted by atomic mass is 10.0. The molecule has 72 valence electrons. The molecule has 1 aliphatic rings. The van der Waals surface area contributed by atoms with Crippen LogP contribution in [0, 0.1) is 5.92 Å². The third-order valence-corrected chi connectivity index (χ3v) is 3.03. The predicted molar refractivity (Wildman–Crippen MR) is 54.8 cm³/mol. The monoisotopic (exact) mass is 189 g/mol. The summed E-state index contributed by atoms with van der Waals surface area (Å²) < 4.78 is 0. The summed E-state index contributed by atoms with van der Waals surface area (Å²) in [6.07, 6.45) is 7.24. The zero-order valence-corrected chi connectivity index (χ0v) is 8.82. The highest BCUT2D eigenvalue weighted by molar-refractivity contribution is 6.18. The Hall–Kier alpha value is 0.250. The number of rotatable bonds is 5. The second kappa shape index (κ2) is 5.82. The summed E-state index contributed by atoms with van der Waals surface area (Å²) >= 11 is 5.65. The molecule has 0 N–H and O–H groups in total. The van der Waals surface area contributed by atoms with Gasteiger partial charge >= 0.3 is 0 Å². The molecule has 1 fully saturated rings. The first-order valence-electron chi connectivity index (χ1n) is 5.07. The molecule has 2 heteroatoms. The Labute approximate surface area is 81.1 Å². The van der Waals surface area contributed by atoms with E-state index in [2.05, 4.69) is 11.9 Å². The zero-order valence-electron chi connectivity index (χ0n) is 8.06. The number of halogens is 1. The minimum atomic E-state index is 0.765. The van der Waals surface area contributed by atoms with Gasteiger partial charge in [0.15, 0.2) is 0 Å². The number of alkyl halides is 1. The van der Waals surface area contributed by atoms with Crippen LogP contribution in [0.15, 0.2) is 0 Å². The van der Waals surface area contributed by atoms with E-state index in [9.17, 15) is 0 Å². The highest BCUT2D eigenvalue weighted by atomic mass is 35.5. The molecule has 0 aromatic heterocycles. The van der Waals surface area contributed by atoms with E-state index in [0.717, 1.165) is 18.3 Å². The summed E-state index contributed by atoms with van der Waals surface area (Å²) in [5, 5.41) is 0. The SMILES string of the molecule is CN(CCCl)CCC1CCCC1. The van der Waals surface area contributed by atoms with E-state index in [1.54, 1.807) is 0 Å². The van der Waals surface area contributed by atoms with Crippen molar-refractivity contribution in [3.8, 4) is 0 Å². The van der Waals surface area contributed by atoms with E-state index < -0.39 is 0 Å². The third-order valence-electron chi connectivity index (χ3n) is 2.86. The Balaban J connectivity index is 1.99. The molecule has 0 bridgehead atoms. The van der Waals surface area contributed by atoms with Gasteiger partial charge in [-0.15, -0.1) is 11.6 Å². The molecular weight excluding hydrogens is 170 g/mol. The van der Waals surface area contributed by atoms with Crippen LogP contribution >= 0.6 is 11.6 Å². The summed E-state index contributed by atoms with van der Waals surface area (Å²) in [6.45, 7) is 2.27. The molecule has 1 saturated carbocycles. The van der Waals surface area contributed by atoms with E-state index in [1.165, 1.54) is 38.6 Å². The molecule has 0 saturated heterocycles. The zero-order chi connectivity index (χ0) is 8.81. The van der Waals surface area contributed by atoms with E-state index >= 15 is 0 Å². The largest absolute Gasteiger partial charge is 0.305 e. The van der Waals surface area contributed by atoms with Gasteiger partial charge in [-0.3, -0.25) is 0 Å². The van der Waals surface area contributed by atoms with Crippen LogP contribution in [0.25, 0.3) is 0 Å². The van der Waals surface area contributed by atoms with Crippen molar-refractivity contribution in [1.82, 2.24) is 4.90 Å². The molecule has 12 heavy (non-hydrogen) atoms. The van der Waals surface area contributed by atoms with Crippen LogP contribution in [0.4, 0.5) is 0 Å². The van der Waals surface area contributed by atoms with Crippen LogP contribution < -0.4 is 0 Å². The van der Waals surface area contributed by atoms with Gasteiger partial charge in [0.05, 0.1) is 0 Å². The lowest BCUT2D eigenvalue weighted by molar-refractivity contribution is 0.316. The first-order valence-corrected chi connectivity index (χ1v) is 5.61. The molecule has 0 unspecified atom stereocenters. The molecule has 0 amide bonds. The second-order valence-corrected chi connectivity index (χ2v) is 4.31. The highest BCUT2D eigenvalue weighted by Crippen LogP contribution is 2.27.